The van der Waals surface area contributed by atoms with E-state index in [0.29, 0.717) is 0 Å². The third-order valence-electron chi connectivity index (χ3n) is 3.21. The summed E-state index contributed by atoms with van der Waals surface area (Å²) >= 11 is 3.55. The predicted octanol–water partition coefficient (Wildman–Crippen LogP) is 4.01. The van der Waals surface area contributed by atoms with Gasteiger partial charge >= 0.3 is 0 Å². The van der Waals surface area contributed by atoms with Crippen molar-refractivity contribution in [2.45, 2.75) is 19.4 Å². The minimum Gasteiger partial charge on any atom is -0.496 e. The van der Waals surface area contributed by atoms with Gasteiger partial charge in [-0.25, -0.2) is 0 Å². The maximum atomic E-state index is 6.32. The van der Waals surface area contributed by atoms with Crippen LogP contribution in [0.1, 0.15) is 22.7 Å². The summed E-state index contributed by atoms with van der Waals surface area (Å²) in [6, 6.07) is 14.3. The Balaban J connectivity index is 2.28. The van der Waals surface area contributed by atoms with Gasteiger partial charge in [0.15, 0.2) is 0 Å². The highest BCUT2D eigenvalue weighted by Gasteiger charge is 2.14. The van der Waals surface area contributed by atoms with Crippen LogP contribution in [0, 0.1) is 6.92 Å². The van der Waals surface area contributed by atoms with Crippen molar-refractivity contribution in [3.05, 3.63) is 63.6 Å². The Kier molecular flexibility index (Phi) is 4.61. The lowest BCUT2D eigenvalue weighted by molar-refractivity contribution is 0.405. The Morgan fingerprint density at radius 2 is 1.89 bits per heavy atom. The Morgan fingerprint density at radius 3 is 2.53 bits per heavy atom. The molecule has 0 aliphatic rings. The van der Waals surface area contributed by atoms with Gasteiger partial charge in [-0.05, 0) is 36.6 Å². The molecular formula is C16H18BrNO. The van der Waals surface area contributed by atoms with Crippen molar-refractivity contribution in [1.29, 1.82) is 0 Å². The second kappa shape index (κ2) is 6.22. The van der Waals surface area contributed by atoms with Gasteiger partial charge in [-0.2, -0.15) is 0 Å². The first kappa shape index (κ1) is 14.1. The fourth-order valence-electron chi connectivity index (χ4n) is 2.11. The first-order valence-electron chi connectivity index (χ1n) is 6.25. The number of nitrogens with two attached hydrogens (primary N) is 1. The van der Waals surface area contributed by atoms with Crippen LogP contribution in [0.3, 0.4) is 0 Å². The molecule has 2 aromatic rings. The minimum atomic E-state index is -0.0748. The van der Waals surface area contributed by atoms with Crippen molar-refractivity contribution in [3.63, 3.8) is 0 Å². The molecule has 1 unspecified atom stereocenters. The molecule has 0 aliphatic carbocycles. The van der Waals surface area contributed by atoms with Crippen LogP contribution in [0.5, 0.6) is 5.75 Å². The highest BCUT2D eigenvalue weighted by atomic mass is 79.9. The number of hydrogen-bond donors (Lipinski definition) is 1. The maximum Gasteiger partial charge on any atom is 0.123 e. The van der Waals surface area contributed by atoms with Crippen molar-refractivity contribution in [3.8, 4) is 5.75 Å². The third-order valence-corrected chi connectivity index (χ3v) is 4.06. The lowest BCUT2D eigenvalue weighted by Gasteiger charge is -2.17. The van der Waals surface area contributed by atoms with E-state index in [-0.39, 0.29) is 6.04 Å². The van der Waals surface area contributed by atoms with Gasteiger partial charge in [0.25, 0.3) is 0 Å². The van der Waals surface area contributed by atoms with E-state index in [2.05, 4.69) is 34.1 Å². The SMILES string of the molecule is COc1cc(C)c(Br)cc1C(N)Cc1ccccc1. The average Bonchev–Trinajstić information content (AvgIpc) is 2.42. The summed E-state index contributed by atoms with van der Waals surface area (Å²) in [5.41, 5.74) is 9.73. The Morgan fingerprint density at radius 1 is 1.21 bits per heavy atom. The zero-order valence-electron chi connectivity index (χ0n) is 11.2. The second-order valence-electron chi connectivity index (χ2n) is 4.64. The predicted molar refractivity (Wildman–Crippen MR) is 82.5 cm³/mol. The van der Waals surface area contributed by atoms with Gasteiger partial charge in [-0.3, -0.25) is 0 Å². The number of methoxy groups -OCH3 is 1. The van der Waals surface area contributed by atoms with E-state index in [0.717, 1.165) is 27.8 Å². The molecule has 0 saturated carbocycles. The van der Waals surface area contributed by atoms with Crippen LogP contribution in [0.25, 0.3) is 0 Å². The highest BCUT2D eigenvalue weighted by Crippen LogP contribution is 2.31. The quantitative estimate of drug-likeness (QED) is 0.924. The largest absolute Gasteiger partial charge is 0.496 e. The van der Waals surface area contributed by atoms with E-state index in [1.54, 1.807) is 7.11 Å². The fraction of sp³-hybridized carbons (Fsp3) is 0.250. The molecule has 2 rings (SSSR count). The van der Waals surface area contributed by atoms with Gasteiger partial charge in [0, 0.05) is 16.1 Å². The smallest absolute Gasteiger partial charge is 0.123 e. The van der Waals surface area contributed by atoms with Gasteiger partial charge in [0.1, 0.15) is 5.75 Å². The molecule has 0 bridgehead atoms. The molecule has 2 N–H and O–H groups in total. The molecule has 0 spiro atoms. The molecule has 0 heterocycles. The molecule has 19 heavy (non-hydrogen) atoms. The van der Waals surface area contributed by atoms with Gasteiger partial charge in [-0.1, -0.05) is 46.3 Å². The van der Waals surface area contributed by atoms with Crippen molar-refractivity contribution >= 4 is 15.9 Å². The van der Waals surface area contributed by atoms with E-state index in [1.807, 2.05) is 31.2 Å². The zero-order chi connectivity index (χ0) is 13.8. The lowest BCUT2D eigenvalue weighted by atomic mass is 9.98. The normalized spacial score (nSPS) is 12.2. The number of benzene rings is 2. The number of hydrogen-bond acceptors (Lipinski definition) is 2. The van der Waals surface area contributed by atoms with E-state index < -0.39 is 0 Å². The molecule has 0 amide bonds. The molecular weight excluding hydrogens is 302 g/mol. The molecule has 2 aromatic carbocycles. The van der Waals surface area contributed by atoms with E-state index in [4.69, 9.17) is 10.5 Å². The molecule has 0 fully saturated rings. The van der Waals surface area contributed by atoms with Crippen LogP contribution >= 0.6 is 15.9 Å². The maximum absolute atomic E-state index is 6.32. The first-order chi connectivity index (χ1) is 9.11. The number of ether oxygens (including phenoxy) is 1. The molecule has 1 atom stereocenters. The van der Waals surface area contributed by atoms with Gasteiger partial charge in [0.05, 0.1) is 7.11 Å². The van der Waals surface area contributed by atoms with Crippen molar-refractivity contribution in [2.75, 3.05) is 7.11 Å². The van der Waals surface area contributed by atoms with Crippen LogP contribution in [-0.2, 0) is 6.42 Å². The summed E-state index contributed by atoms with van der Waals surface area (Å²) < 4.78 is 6.50. The van der Waals surface area contributed by atoms with Gasteiger partial charge < -0.3 is 10.5 Å². The minimum absolute atomic E-state index is 0.0748. The number of aryl methyl sites for hydroxylation is 1. The van der Waals surface area contributed by atoms with E-state index >= 15 is 0 Å². The first-order valence-corrected chi connectivity index (χ1v) is 7.04. The van der Waals surface area contributed by atoms with Crippen LogP contribution in [-0.4, -0.2) is 7.11 Å². The van der Waals surface area contributed by atoms with Crippen LogP contribution in [0.4, 0.5) is 0 Å². The molecule has 0 aliphatic heterocycles. The van der Waals surface area contributed by atoms with Gasteiger partial charge in [0.2, 0.25) is 0 Å². The molecule has 0 aromatic heterocycles. The summed E-state index contributed by atoms with van der Waals surface area (Å²) in [4.78, 5) is 0. The Hall–Kier alpha value is -1.32. The Labute approximate surface area is 122 Å². The third kappa shape index (κ3) is 3.37. The van der Waals surface area contributed by atoms with Crippen molar-refractivity contribution in [1.82, 2.24) is 0 Å². The van der Waals surface area contributed by atoms with E-state index in [9.17, 15) is 0 Å². The molecule has 100 valence electrons. The monoisotopic (exact) mass is 319 g/mol. The molecule has 3 heteroatoms. The molecule has 0 saturated heterocycles. The summed E-state index contributed by atoms with van der Waals surface area (Å²) in [5.74, 6) is 0.851. The van der Waals surface area contributed by atoms with E-state index in [1.165, 1.54) is 5.56 Å². The topological polar surface area (TPSA) is 35.2 Å². The molecule has 2 nitrogen and oxygen atoms in total. The van der Waals surface area contributed by atoms with Gasteiger partial charge in [-0.15, -0.1) is 0 Å². The number of rotatable bonds is 4. The standard InChI is InChI=1S/C16H18BrNO/c1-11-8-16(19-2)13(10-14(11)17)15(18)9-12-6-4-3-5-7-12/h3-8,10,15H,9,18H2,1-2H3. The van der Waals surface area contributed by atoms with Crippen molar-refractivity contribution < 1.29 is 4.74 Å². The fourth-order valence-corrected chi connectivity index (χ4v) is 2.48. The molecule has 0 radical (unpaired) electrons. The number of halogens is 1. The summed E-state index contributed by atoms with van der Waals surface area (Å²) in [5, 5.41) is 0. The lowest BCUT2D eigenvalue weighted by Crippen LogP contribution is -2.14. The summed E-state index contributed by atoms with van der Waals surface area (Å²) in [6.07, 6.45) is 0.798. The van der Waals surface area contributed by atoms with Crippen molar-refractivity contribution in [2.24, 2.45) is 5.73 Å². The van der Waals surface area contributed by atoms with Crippen LogP contribution in [0.2, 0.25) is 0 Å². The van der Waals surface area contributed by atoms with Crippen LogP contribution < -0.4 is 10.5 Å². The average molecular weight is 320 g/mol. The zero-order valence-corrected chi connectivity index (χ0v) is 12.8. The summed E-state index contributed by atoms with van der Waals surface area (Å²) in [7, 11) is 1.68. The highest BCUT2D eigenvalue weighted by molar-refractivity contribution is 9.10. The summed E-state index contributed by atoms with van der Waals surface area (Å²) in [6.45, 7) is 2.04. The second-order valence-corrected chi connectivity index (χ2v) is 5.49. The van der Waals surface area contributed by atoms with Crippen LogP contribution in [0.15, 0.2) is 46.9 Å². The Bertz CT molecular complexity index is 554.